The Morgan fingerprint density at radius 1 is 1.55 bits per heavy atom. The zero-order valence-electron chi connectivity index (χ0n) is 10.3. The van der Waals surface area contributed by atoms with Gasteiger partial charge in [-0.25, -0.2) is 0 Å². The van der Waals surface area contributed by atoms with E-state index in [1.807, 2.05) is 13.8 Å². The summed E-state index contributed by atoms with van der Waals surface area (Å²) in [5.74, 6) is -0.281. The molecule has 0 bridgehead atoms. The van der Waals surface area contributed by atoms with Gasteiger partial charge in [-0.3, -0.25) is 4.79 Å². The van der Waals surface area contributed by atoms with Gasteiger partial charge in [0.05, 0.1) is 0 Å². The zero-order valence-corrected chi connectivity index (χ0v) is 7.27. The molecule has 0 aromatic heterocycles. The van der Waals surface area contributed by atoms with Gasteiger partial charge >= 0.3 is 0 Å². The van der Waals surface area contributed by atoms with Crippen LogP contribution in [0.25, 0.3) is 0 Å². The summed E-state index contributed by atoms with van der Waals surface area (Å²) < 4.78 is 22.2. The monoisotopic (exact) mass is 155 g/mol. The van der Waals surface area contributed by atoms with Gasteiger partial charge in [0, 0.05) is 9.53 Å². The van der Waals surface area contributed by atoms with E-state index < -0.39 is 12.3 Å². The Morgan fingerprint density at radius 2 is 2.18 bits per heavy atom. The lowest BCUT2D eigenvalue weighted by atomic mass is 9.69. The van der Waals surface area contributed by atoms with Crippen LogP contribution in [0, 0.1) is 10.8 Å². The molecule has 1 rings (SSSR count). The lowest BCUT2D eigenvalue weighted by Crippen LogP contribution is -2.32. The van der Waals surface area contributed by atoms with Crippen molar-refractivity contribution in [3.8, 4) is 0 Å². The minimum atomic E-state index is -2.22. The molecule has 0 N–H and O–H groups in total. The highest BCUT2D eigenvalue weighted by Gasteiger charge is 2.35. The first-order valence-electron chi connectivity index (χ1n) is 5.32. The molecule has 0 aromatic rings. The van der Waals surface area contributed by atoms with Gasteiger partial charge in [-0.2, -0.15) is 0 Å². The molecule has 0 aliphatic heterocycles. The van der Waals surface area contributed by atoms with E-state index in [4.69, 9.17) is 4.11 Å². The second kappa shape index (κ2) is 2.20. The summed E-state index contributed by atoms with van der Waals surface area (Å²) >= 11 is 0. The molecular formula is C10H16O. The third-order valence-corrected chi connectivity index (χ3v) is 2.04. The van der Waals surface area contributed by atoms with Crippen molar-refractivity contribution in [1.29, 1.82) is 0 Å². The number of rotatable bonds is 0. The van der Waals surface area contributed by atoms with E-state index in [2.05, 4.69) is 0 Å². The standard InChI is InChI=1S/C10H16O/c1-9(2)6-5-8(11)10(3,4)7-9/h5-6H,7H2,1-4H3/i3D3. The fourth-order valence-electron chi connectivity index (χ4n) is 1.54. The van der Waals surface area contributed by atoms with Crippen molar-refractivity contribution < 1.29 is 8.91 Å². The smallest absolute Gasteiger partial charge is 0.160 e. The first-order chi connectivity index (χ1) is 6.08. The van der Waals surface area contributed by atoms with Crippen molar-refractivity contribution in [2.24, 2.45) is 10.8 Å². The Balaban J connectivity index is 3.13. The van der Waals surface area contributed by atoms with Gasteiger partial charge in [0.1, 0.15) is 0 Å². The van der Waals surface area contributed by atoms with E-state index in [0.29, 0.717) is 6.42 Å². The van der Waals surface area contributed by atoms with Crippen molar-refractivity contribution in [2.75, 3.05) is 0 Å². The van der Waals surface area contributed by atoms with Crippen LogP contribution in [0.4, 0.5) is 0 Å². The van der Waals surface area contributed by atoms with Gasteiger partial charge < -0.3 is 0 Å². The van der Waals surface area contributed by atoms with E-state index in [9.17, 15) is 4.79 Å². The van der Waals surface area contributed by atoms with Gasteiger partial charge in [-0.05, 0) is 17.9 Å². The van der Waals surface area contributed by atoms with E-state index in [1.54, 1.807) is 6.08 Å². The maximum Gasteiger partial charge on any atom is 0.160 e. The Morgan fingerprint density at radius 3 is 2.64 bits per heavy atom. The molecule has 0 spiro atoms. The van der Waals surface area contributed by atoms with Crippen molar-refractivity contribution >= 4 is 5.78 Å². The fourth-order valence-corrected chi connectivity index (χ4v) is 1.54. The zero-order chi connectivity index (χ0) is 11.2. The maximum absolute atomic E-state index is 11.6. The van der Waals surface area contributed by atoms with Gasteiger partial charge in [0.15, 0.2) is 5.78 Å². The Hall–Kier alpha value is -0.590. The van der Waals surface area contributed by atoms with Crippen molar-refractivity contribution in [3.05, 3.63) is 12.2 Å². The predicted molar refractivity (Wildman–Crippen MR) is 46.3 cm³/mol. The molecule has 0 radical (unpaired) electrons. The van der Waals surface area contributed by atoms with Crippen LogP contribution in [-0.4, -0.2) is 5.78 Å². The summed E-state index contributed by atoms with van der Waals surface area (Å²) in [5, 5.41) is 0. The fraction of sp³-hybridized carbons (Fsp3) is 0.700. The second-order valence-corrected chi connectivity index (χ2v) is 4.20. The summed E-state index contributed by atoms with van der Waals surface area (Å²) in [5.41, 5.74) is -1.43. The largest absolute Gasteiger partial charge is 0.294 e. The summed E-state index contributed by atoms with van der Waals surface area (Å²) in [4.78, 5) is 11.6. The molecule has 1 aliphatic rings. The molecule has 0 saturated carbocycles. The van der Waals surface area contributed by atoms with E-state index in [1.165, 1.54) is 13.0 Å². The SMILES string of the molecule is [2H]C([2H])([2H])C1(C)CC(C)(C)C=CC1=O. The number of hydrogen-bond acceptors (Lipinski definition) is 1. The molecular weight excluding hydrogens is 136 g/mol. The van der Waals surface area contributed by atoms with Gasteiger partial charge in [-0.1, -0.05) is 33.7 Å². The third kappa shape index (κ3) is 1.70. The minimum Gasteiger partial charge on any atom is -0.294 e. The average Bonchev–Trinajstić information content (AvgIpc) is 1.95. The molecule has 0 amide bonds. The maximum atomic E-state index is 11.6. The molecule has 1 heteroatoms. The Labute approximate surface area is 72.7 Å². The molecule has 62 valence electrons. The highest BCUT2D eigenvalue weighted by molar-refractivity contribution is 5.95. The van der Waals surface area contributed by atoms with Gasteiger partial charge in [0.25, 0.3) is 0 Å². The summed E-state index contributed by atoms with van der Waals surface area (Å²) in [7, 11) is 0. The molecule has 1 aliphatic carbocycles. The van der Waals surface area contributed by atoms with Crippen LogP contribution in [-0.2, 0) is 4.79 Å². The van der Waals surface area contributed by atoms with Crippen LogP contribution in [0.5, 0.6) is 0 Å². The van der Waals surface area contributed by atoms with Crippen LogP contribution < -0.4 is 0 Å². The summed E-state index contributed by atoms with van der Waals surface area (Å²) in [6, 6.07) is 0. The van der Waals surface area contributed by atoms with Crippen LogP contribution in [0.3, 0.4) is 0 Å². The Kier molecular flexibility index (Phi) is 1.02. The van der Waals surface area contributed by atoms with Crippen LogP contribution in [0.15, 0.2) is 12.2 Å². The number of hydrogen-bond donors (Lipinski definition) is 0. The highest BCUT2D eigenvalue weighted by Crippen LogP contribution is 2.39. The average molecular weight is 155 g/mol. The predicted octanol–water partition coefficient (Wildman–Crippen LogP) is 2.57. The van der Waals surface area contributed by atoms with Gasteiger partial charge in [0.2, 0.25) is 0 Å². The van der Waals surface area contributed by atoms with Crippen LogP contribution >= 0.6 is 0 Å². The molecule has 0 heterocycles. The molecule has 11 heavy (non-hydrogen) atoms. The van der Waals surface area contributed by atoms with E-state index >= 15 is 0 Å². The Bertz CT molecular complexity index is 288. The topological polar surface area (TPSA) is 17.1 Å². The molecule has 1 unspecified atom stereocenters. The summed E-state index contributed by atoms with van der Waals surface area (Å²) in [6.07, 6.45) is 3.59. The van der Waals surface area contributed by atoms with Crippen LogP contribution in [0.2, 0.25) is 0 Å². The van der Waals surface area contributed by atoms with Crippen molar-refractivity contribution in [2.45, 2.75) is 34.0 Å². The number of carbonyl (C=O) groups excluding carboxylic acids is 1. The van der Waals surface area contributed by atoms with Crippen molar-refractivity contribution in [1.82, 2.24) is 0 Å². The second-order valence-electron chi connectivity index (χ2n) is 4.20. The first-order valence-corrected chi connectivity index (χ1v) is 3.82. The highest BCUT2D eigenvalue weighted by atomic mass is 16.1. The first kappa shape index (κ1) is 5.13. The van der Waals surface area contributed by atoms with Crippen LogP contribution in [0.1, 0.15) is 38.2 Å². The van der Waals surface area contributed by atoms with Gasteiger partial charge in [-0.15, -0.1) is 0 Å². The summed E-state index contributed by atoms with van der Waals surface area (Å²) in [6.45, 7) is 3.21. The van der Waals surface area contributed by atoms with E-state index in [-0.39, 0.29) is 11.2 Å². The lowest BCUT2D eigenvalue weighted by molar-refractivity contribution is -0.124. The molecule has 0 aromatic carbocycles. The third-order valence-electron chi connectivity index (χ3n) is 2.04. The van der Waals surface area contributed by atoms with E-state index in [0.717, 1.165) is 0 Å². The molecule has 1 nitrogen and oxygen atoms in total. The molecule has 0 fully saturated rings. The number of allylic oxidation sites excluding steroid dienone is 2. The number of ketones is 1. The number of carbonyl (C=O) groups is 1. The quantitative estimate of drug-likeness (QED) is 0.525. The molecule has 0 saturated heterocycles. The molecule has 1 atom stereocenters. The van der Waals surface area contributed by atoms with Crippen molar-refractivity contribution in [3.63, 3.8) is 0 Å². The normalized spacial score (nSPS) is 41.0. The lowest BCUT2D eigenvalue weighted by Gasteiger charge is -2.34. The minimum absolute atomic E-state index is 0.211.